The minimum Gasteiger partial charge on any atom is -0.449 e. The standard InChI is InChI=1S/C22H22N4O4/c1-14-9-11-16(12-10-14)19-18(13-26(25-19)17-7-5-4-6-8-17)21(28)30-15(2)20(27)24-22(29)23-3/h4-13,15H,1-3H3,(H2,23,24,27,29)/t15-/m1/s1. The van der Waals surface area contributed by atoms with Crippen LogP contribution < -0.4 is 10.6 Å². The quantitative estimate of drug-likeness (QED) is 0.635. The number of hydrogen-bond donors (Lipinski definition) is 2. The van der Waals surface area contributed by atoms with Crippen molar-refractivity contribution in [3.05, 3.63) is 71.9 Å². The van der Waals surface area contributed by atoms with Gasteiger partial charge in [0.1, 0.15) is 11.3 Å². The largest absolute Gasteiger partial charge is 0.449 e. The molecule has 0 radical (unpaired) electrons. The van der Waals surface area contributed by atoms with Gasteiger partial charge in [0.15, 0.2) is 6.10 Å². The molecule has 1 atom stereocenters. The van der Waals surface area contributed by atoms with E-state index in [1.165, 1.54) is 14.0 Å². The van der Waals surface area contributed by atoms with Gasteiger partial charge in [-0.1, -0.05) is 48.0 Å². The van der Waals surface area contributed by atoms with E-state index in [9.17, 15) is 14.4 Å². The monoisotopic (exact) mass is 406 g/mol. The number of amides is 3. The molecule has 0 aliphatic heterocycles. The maximum atomic E-state index is 12.9. The first kappa shape index (κ1) is 20.8. The summed E-state index contributed by atoms with van der Waals surface area (Å²) < 4.78 is 6.88. The molecule has 0 spiro atoms. The van der Waals surface area contributed by atoms with E-state index < -0.39 is 24.0 Å². The van der Waals surface area contributed by atoms with Crippen molar-refractivity contribution in [1.29, 1.82) is 0 Å². The highest BCUT2D eigenvalue weighted by Crippen LogP contribution is 2.25. The Kier molecular flexibility index (Phi) is 6.26. The number of carbonyl (C=O) groups excluding carboxylic acids is 3. The SMILES string of the molecule is CNC(=O)NC(=O)[C@@H](C)OC(=O)c1cn(-c2ccccc2)nc1-c1ccc(C)cc1. The van der Waals surface area contributed by atoms with Gasteiger partial charge in [-0.15, -0.1) is 0 Å². The van der Waals surface area contributed by atoms with Crippen molar-refractivity contribution < 1.29 is 19.1 Å². The van der Waals surface area contributed by atoms with Crippen LogP contribution in [-0.2, 0) is 9.53 Å². The van der Waals surface area contributed by atoms with Crippen molar-refractivity contribution in [2.75, 3.05) is 7.05 Å². The predicted molar refractivity (Wildman–Crippen MR) is 111 cm³/mol. The minimum atomic E-state index is -1.17. The Morgan fingerprint density at radius 3 is 2.33 bits per heavy atom. The number of ether oxygens (including phenoxy) is 1. The summed E-state index contributed by atoms with van der Waals surface area (Å²) in [5.74, 6) is -1.44. The zero-order valence-electron chi connectivity index (χ0n) is 16.9. The van der Waals surface area contributed by atoms with E-state index >= 15 is 0 Å². The fourth-order valence-corrected chi connectivity index (χ4v) is 2.71. The number of aromatic nitrogens is 2. The molecule has 3 rings (SSSR count). The molecule has 0 aliphatic carbocycles. The van der Waals surface area contributed by atoms with Crippen LogP contribution in [0.1, 0.15) is 22.8 Å². The number of hydrogen-bond acceptors (Lipinski definition) is 5. The molecule has 3 amide bonds. The summed E-state index contributed by atoms with van der Waals surface area (Å²) in [5, 5.41) is 8.92. The number of benzene rings is 2. The Bertz CT molecular complexity index is 1060. The number of nitrogens with one attached hydrogen (secondary N) is 2. The lowest BCUT2D eigenvalue weighted by molar-refractivity contribution is -0.127. The van der Waals surface area contributed by atoms with Crippen LogP contribution in [0.5, 0.6) is 0 Å². The summed E-state index contributed by atoms with van der Waals surface area (Å²) in [5.41, 5.74) is 3.23. The maximum Gasteiger partial charge on any atom is 0.342 e. The maximum absolute atomic E-state index is 12.9. The number of para-hydroxylation sites is 1. The Balaban J connectivity index is 1.92. The van der Waals surface area contributed by atoms with Crippen LogP contribution in [-0.4, -0.2) is 40.8 Å². The molecule has 2 aromatic carbocycles. The Labute approximate surface area is 173 Å². The average molecular weight is 406 g/mol. The zero-order valence-corrected chi connectivity index (χ0v) is 16.9. The van der Waals surface area contributed by atoms with Crippen molar-refractivity contribution >= 4 is 17.9 Å². The third-order valence-corrected chi connectivity index (χ3v) is 4.40. The lowest BCUT2D eigenvalue weighted by atomic mass is 10.1. The van der Waals surface area contributed by atoms with Gasteiger partial charge in [0.05, 0.1) is 5.69 Å². The first-order valence-electron chi connectivity index (χ1n) is 9.34. The molecule has 0 bridgehead atoms. The Hall–Kier alpha value is -3.94. The van der Waals surface area contributed by atoms with E-state index in [1.54, 1.807) is 10.9 Å². The van der Waals surface area contributed by atoms with E-state index in [-0.39, 0.29) is 5.56 Å². The van der Waals surface area contributed by atoms with E-state index in [0.29, 0.717) is 5.69 Å². The van der Waals surface area contributed by atoms with Crippen LogP contribution in [0.15, 0.2) is 60.8 Å². The van der Waals surface area contributed by atoms with Crippen LogP contribution in [0.4, 0.5) is 4.79 Å². The number of esters is 1. The molecule has 0 fully saturated rings. The summed E-state index contributed by atoms with van der Waals surface area (Å²) in [4.78, 5) is 36.2. The minimum absolute atomic E-state index is 0.210. The van der Waals surface area contributed by atoms with Crippen molar-refractivity contribution in [2.24, 2.45) is 0 Å². The van der Waals surface area contributed by atoms with Crippen molar-refractivity contribution in [3.8, 4) is 16.9 Å². The smallest absolute Gasteiger partial charge is 0.342 e. The van der Waals surface area contributed by atoms with Gasteiger partial charge < -0.3 is 10.1 Å². The molecule has 8 heteroatoms. The van der Waals surface area contributed by atoms with Crippen molar-refractivity contribution in [3.63, 3.8) is 0 Å². The summed E-state index contributed by atoms with van der Waals surface area (Å²) >= 11 is 0. The van der Waals surface area contributed by atoms with Crippen LogP contribution in [0.2, 0.25) is 0 Å². The highest BCUT2D eigenvalue weighted by molar-refractivity contribution is 6.00. The molecular formula is C22H22N4O4. The van der Waals surface area contributed by atoms with Gasteiger partial charge in [-0.05, 0) is 26.0 Å². The van der Waals surface area contributed by atoms with Gasteiger partial charge in [0.25, 0.3) is 5.91 Å². The molecule has 0 aliphatic rings. The lowest BCUT2D eigenvalue weighted by Gasteiger charge is -2.12. The van der Waals surface area contributed by atoms with Crippen LogP contribution in [0.25, 0.3) is 16.9 Å². The second kappa shape index (κ2) is 9.04. The number of urea groups is 1. The van der Waals surface area contributed by atoms with Crippen LogP contribution >= 0.6 is 0 Å². The number of imide groups is 1. The molecule has 1 aromatic heterocycles. The topological polar surface area (TPSA) is 102 Å². The highest BCUT2D eigenvalue weighted by atomic mass is 16.5. The molecule has 1 heterocycles. The van der Waals surface area contributed by atoms with Crippen molar-refractivity contribution in [1.82, 2.24) is 20.4 Å². The Morgan fingerprint density at radius 1 is 1.03 bits per heavy atom. The molecule has 2 N–H and O–H groups in total. The molecule has 8 nitrogen and oxygen atoms in total. The first-order valence-corrected chi connectivity index (χ1v) is 9.34. The third kappa shape index (κ3) is 4.72. The van der Waals surface area contributed by atoms with Gasteiger partial charge in [-0.3, -0.25) is 10.1 Å². The van der Waals surface area contributed by atoms with Gasteiger partial charge in [0.2, 0.25) is 0 Å². The normalized spacial score (nSPS) is 11.4. The summed E-state index contributed by atoms with van der Waals surface area (Å²) in [7, 11) is 1.38. The van der Waals surface area contributed by atoms with Gasteiger partial charge in [-0.25, -0.2) is 14.3 Å². The average Bonchev–Trinajstić information content (AvgIpc) is 3.20. The number of aryl methyl sites for hydroxylation is 1. The van der Waals surface area contributed by atoms with E-state index in [1.807, 2.05) is 61.5 Å². The fourth-order valence-electron chi connectivity index (χ4n) is 2.71. The molecule has 3 aromatic rings. The zero-order chi connectivity index (χ0) is 21.7. The second-order valence-electron chi connectivity index (χ2n) is 6.65. The first-order chi connectivity index (χ1) is 14.4. The molecular weight excluding hydrogens is 384 g/mol. The number of carbonyl (C=O) groups is 3. The second-order valence-corrected chi connectivity index (χ2v) is 6.65. The molecule has 30 heavy (non-hydrogen) atoms. The van der Waals surface area contributed by atoms with Gasteiger partial charge in [-0.2, -0.15) is 5.10 Å². The van der Waals surface area contributed by atoms with E-state index in [4.69, 9.17) is 4.74 Å². The van der Waals surface area contributed by atoms with Crippen molar-refractivity contribution in [2.45, 2.75) is 20.0 Å². The van der Waals surface area contributed by atoms with Crippen LogP contribution in [0, 0.1) is 6.92 Å². The van der Waals surface area contributed by atoms with Gasteiger partial charge in [0, 0.05) is 18.8 Å². The summed E-state index contributed by atoms with van der Waals surface area (Å²) in [6.45, 7) is 3.36. The molecule has 0 saturated heterocycles. The fraction of sp³-hybridized carbons (Fsp3) is 0.182. The lowest BCUT2D eigenvalue weighted by Crippen LogP contribution is -2.43. The summed E-state index contributed by atoms with van der Waals surface area (Å²) in [6.07, 6.45) is 0.400. The van der Waals surface area contributed by atoms with Crippen LogP contribution in [0.3, 0.4) is 0 Å². The predicted octanol–water partition coefficient (Wildman–Crippen LogP) is 2.85. The highest BCUT2D eigenvalue weighted by Gasteiger charge is 2.25. The third-order valence-electron chi connectivity index (χ3n) is 4.40. The van der Waals surface area contributed by atoms with E-state index in [2.05, 4.69) is 15.7 Å². The molecule has 0 unspecified atom stereocenters. The molecule has 0 saturated carbocycles. The number of rotatable bonds is 5. The Morgan fingerprint density at radius 2 is 1.70 bits per heavy atom. The summed E-state index contributed by atoms with van der Waals surface area (Å²) in [6, 6.07) is 16.2. The van der Waals surface area contributed by atoms with Gasteiger partial charge >= 0.3 is 12.0 Å². The van der Waals surface area contributed by atoms with E-state index in [0.717, 1.165) is 16.8 Å². The molecule has 154 valence electrons. The number of nitrogens with zero attached hydrogens (tertiary/aromatic N) is 2.